The Bertz CT molecular complexity index is 825. The lowest BCUT2D eigenvalue weighted by atomic mass is 10.1. The molecule has 12 nitrogen and oxygen atoms in total. The topological polar surface area (TPSA) is 183 Å². The number of anilines is 1. The van der Waals surface area contributed by atoms with Crippen LogP contribution in [-0.4, -0.2) is 71.7 Å². The van der Waals surface area contributed by atoms with E-state index in [2.05, 4.69) is 15.0 Å². The molecule has 26 heavy (non-hydrogen) atoms. The fourth-order valence-corrected chi connectivity index (χ4v) is 2.61. The van der Waals surface area contributed by atoms with Crippen LogP contribution in [-0.2, 0) is 19.1 Å². The number of rotatable bonds is 6. The van der Waals surface area contributed by atoms with Crippen LogP contribution in [0, 0.1) is 0 Å². The molecule has 2 aromatic rings. The maximum absolute atomic E-state index is 11.5. The van der Waals surface area contributed by atoms with E-state index in [0.717, 1.165) is 0 Å². The van der Waals surface area contributed by atoms with Crippen LogP contribution in [0.1, 0.15) is 19.1 Å². The number of hydrogen-bond acceptors (Lipinski definition) is 10. The molecule has 5 N–H and O–H groups in total. The normalized spacial score (nSPS) is 25.5. The molecule has 12 heteroatoms. The first kappa shape index (κ1) is 18.0. The smallest absolute Gasteiger partial charge is 0.306 e. The summed E-state index contributed by atoms with van der Waals surface area (Å²) in [7, 11) is 0. The van der Waals surface area contributed by atoms with Crippen molar-refractivity contribution >= 4 is 28.9 Å². The molecule has 140 valence electrons. The molecule has 3 rings (SSSR count). The van der Waals surface area contributed by atoms with Crippen molar-refractivity contribution in [3.63, 3.8) is 0 Å². The zero-order valence-corrected chi connectivity index (χ0v) is 13.4. The van der Waals surface area contributed by atoms with Crippen LogP contribution >= 0.6 is 0 Å². The number of nitrogens with zero attached hydrogens (tertiary/aromatic N) is 4. The van der Waals surface area contributed by atoms with E-state index < -0.39 is 36.5 Å². The first-order valence-corrected chi connectivity index (χ1v) is 7.70. The minimum absolute atomic E-state index is 0.158. The average Bonchev–Trinajstić information content (AvgIpc) is 3.15. The quantitative estimate of drug-likeness (QED) is 0.433. The highest BCUT2D eigenvalue weighted by Gasteiger charge is 2.44. The van der Waals surface area contributed by atoms with Gasteiger partial charge in [-0.05, 0) is 0 Å². The fraction of sp³-hybridized carbons (Fsp3) is 0.500. The van der Waals surface area contributed by atoms with Crippen LogP contribution in [0.25, 0.3) is 11.2 Å². The Kier molecular flexibility index (Phi) is 4.97. The van der Waals surface area contributed by atoms with Crippen LogP contribution in [0.5, 0.6) is 0 Å². The largest absolute Gasteiger partial charge is 0.481 e. The van der Waals surface area contributed by atoms with Gasteiger partial charge in [0.25, 0.3) is 0 Å². The third-order valence-electron chi connectivity index (χ3n) is 3.95. The Labute approximate surface area is 146 Å². The van der Waals surface area contributed by atoms with E-state index in [9.17, 15) is 19.8 Å². The number of hydrogen-bond donors (Lipinski definition) is 4. The van der Waals surface area contributed by atoms with Gasteiger partial charge in [0.1, 0.15) is 36.8 Å². The zero-order chi connectivity index (χ0) is 18.8. The molecule has 1 saturated heterocycles. The molecular weight excluding hydrogens is 350 g/mol. The summed E-state index contributed by atoms with van der Waals surface area (Å²) in [5.74, 6) is -1.71. The second-order valence-electron chi connectivity index (χ2n) is 5.71. The van der Waals surface area contributed by atoms with Gasteiger partial charge in [0.2, 0.25) is 0 Å². The summed E-state index contributed by atoms with van der Waals surface area (Å²) in [6, 6.07) is 0. The lowest BCUT2D eigenvalue weighted by Crippen LogP contribution is -2.34. The van der Waals surface area contributed by atoms with E-state index in [-0.39, 0.29) is 25.3 Å². The van der Waals surface area contributed by atoms with E-state index in [4.69, 9.17) is 20.3 Å². The standard InChI is InChI=1S/C14H17N5O7/c15-12-9-13(17-4-16-12)19(5-18-9)14-11(24)10(23)6(26-14)3-25-8(22)2-1-7(20)21/h4-6,10-11,14,23-24H,1-3H2,(H,20,21)(H2,15,16,17)/t6-,10-,11-,14-/m1/s1. The SMILES string of the molecule is Nc1ncnc2c1ncn2[C@@H]1O[C@H](COC(=O)CCC(=O)O)[C@@H](O)[C@H]1O. The number of carbonyl (C=O) groups excluding carboxylic acids is 1. The Hall–Kier alpha value is -2.83. The molecule has 1 aliphatic heterocycles. The van der Waals surface area contributed by atoms with Crippen LogP contribution in [0.2, 0.25) is 0 Å². The number of carboxylic acids is 1. The minimum Gasteiger partial charge on any atom is -0.481 e. The molecular formula is C14H17N5O7. The maximum atomic E-state index is 11.5. The van der Waals surface area contributed by atoms with E-state index in [1.807, 2.05) is 0 Å². The van der Waals surface area contributed by atoms with Crippen molar-refractivity contribution in [3.05, 3.63) is 12.7 Å². The summed E-state index contributed by atoms with van der Waals surface area (Å²) >= 11 is 0. The molecule has 0 unspecified atom stereocenters. The minimum atomic E-state index is -1.33. The van der Waals surface area contributed by atoms with Gasteiger partial charge < -0.3 is 30.5 Å². The first-order chi connectivity index (χ1) is 12.4. The number of nitrogens with two attached hydrogens (primary N) is 1. The summed E-state index contributed by atoms with van der Waals surface area (Å²) in [4.78, 5) is 33.8. The maximum Gasteiger partial charge on any atom is 0.306 e. The summed E-state index contributed by atoms with van der Waals surface area (Å²) < 4.78 is 11.9. The molecule has 0 amide bonds. The third-order valence-corrected chi connectivity index (χ3v) is 3.95. The summed E-state index contributed by atoms with van der Waals surface area (Å²) in [6.07, 6.45) is -2.76. The fourth-order valence-electron chi connectivity index (χ4n) is 2.61. The second kappa shape index (κ2) is 7.19. The van der Waals surface area contributed by atoms with Crippen LogP contribution in [0.3, 0.4) is 0 Å². The van der Waals surface area contributed by atoms with Crippen molar-refractivity contribution in [2.75, 3.05) is 12.3 Å². The van der Waals surface area contributed by atoms with Crippen LogP contribution in [0.4, 0.5) is 5.82 Å². The second-order valence-corrected chi connectivity index (χ2v) is 5.71. The van der Waals surface area contributed by atoms with Crippen molar-refractivity contribution in [1.82, 2.24) is 19.5 Å². The predicted molar refractivity (Wildman–Crippen MR) is 83.5 cm³/mol. The van der Waals surface area contributed by atoms with Crippen molar-refractivity contribution in [1.29, 1.82) is 0 Å². The number of nitrogen functional groups attached to an aromatic ring is 1. The zero-order valence-electron chi connectivity index (χ0n) is 13.4. The van der Waals surface area contributed by atoms with Gasteiger partial charge >= 0.3 is 11.9 Å². The molecule has 1 aliphatic rings. The van der Waals surface area contributed by atoms with E-state index in [1.165, 1.54) is 17.2 Å². The van der Waals surface area contributed by atoms with Gasteiger partial charge in [0, 0.05) is 0 Å². The van der Waals surface area contributed by atoms with Gasteiger partial charge in [-0.25, -0.2) is 15.0 Å². The number of aliphatic hydroxyl groups excluding tert-OH is 2. The number of aliphatic hydroxyl groups is 2. The Morgan fingerprint density at radius 1 is 1.23 bits per heavy atom. The first-order valence-electron chi connectivity index (χ1n) is 7.70. The highest BCUT2D eigenvalue weighted by atomic mass is 16.6. The number of imidazole rings is 1. The van der Waals surface area contributed by atoms with Crippen LogP contribution in [0.15, 0.2) is 12.7 Å². The van der Waals surface area contributed by atoms with Crippen molar-refractivity contribution in [2.45, 2.75) is 37.4 Å². The summed E-state index contributed by atoms with van der Waals surface area (Å²) in [5, 5.41) is 28.9. The number of aromatic nitrogens is 4. The van der Waals surface area contributed by atoms with Gasteiger partial charge in [-0.15, -0.1) is 0 Å². The molecule has 2 aromatic heterocycles. The Morgan fingerprint density at radius 3 is 2.73 bits per heavy atom. The third kappa shape index (κ3) is 3.42. The number of carboxylic acid groups (broad SMARTS) is 1. The molecule has 1 fully saturated rings. The highest BCUT2D eigenvalue weighted by Crippen LogP contribution is 2.32. The number of carbonyl (C=O) groups is 2. The predicted octanol–water partition coefficient (Wildman–Crippen LogP) is -1.56. The summed E-state index contributed by atoms with van der Waals surface area (Å²) in [5.41, 5.74) is 6.34. The molecule has 4 atom stereocenters. The monoisotopic (exact) mass is 367 g/mol. The molecule has 0 aliphatic carbocycles. The molecule has 3 heterocycles. The Morgan fingerprint density at radius 2 is 2.00 bits per heavy atom. The molecule has 0 aromatic carbocycles. The van der Waals surface area contributed by atoms with Gasteiger partial charge in [0.15, 0.2) is 17.7 Å². The molecule has 0 spiro atoms. The van der Waals surface area contributed by atoms with E-state index >= 15 is 0 Å². The molecule has 0 saturated carbocycles. The average molecular weight is 367 g/mol. The van der Waals surface area contributed by atoms with Gasteiger partial charge in [-0.3, -0.25) is 14.2 Å². The van der Waals surface area contributed by atoms with Crippen LogP contribution < -0.4 is 5.73 Å². The summed E-state index contributed by atoms with van der Waals surface area (Å²) in [6.45, 7) is -0.336. The van der Waals surface area contributed by atoms with Crippen molar-refractivity contribution < 1.29 is 34.4 Å². The lowest BCUT2D eigenvalue weighted by molar-refractivity contribution is -0.152. The highest BCUT2D eigenvalue weighted by molar-refractivity contribution is 5.81. The number of ether oxygens (including phenoxy) is 2. The van der Waals surface area contributed by atoms with Gasteiger partial charge in [-0.2, -0.15) is 0 Å². The van der Waals surface area contributed by atoms with Crippen molar-refractivity contribution in [2.24, 2.45) is 0 Å². The number of fused-ring (bicyclic) bond motifs is 1. The van der Waals surface area contributed by atoms with Gasteiger partial charge in [0.05, 0.1) is 19.2 Å². The van der Waals surface area contributed by atoms with E-state index in [0.29, 0.717) is 11.2 Å². The van der Waals surface area contributed by atoms with E-state index in [1.54, 1.807) is 0 Å². The number of aliphatic carboxylic acids is 1. The molecule has 0 bridgehead atoms. The Balaban J connectivity index is 1.68. The molecule has 0 radical (unpaired) electrons. The number of esters is 1. The lowest BCUT2D eigenvalue weighted by Gasteiger charge is -2.16. The van der Waals surface area contributed by atoms with Gasteiger partial charge in [-0.1, -0.05) is 0 Å². The van der Waals surface area contributed by atoms with Crippen molar-refractivity contribution in [3.8, 4) is 0 Å².